The zero-order chi connectivity index (χ0) is 21.8. The SMILES string of the molecule is CC(C)(C(=O)OCc1ccc2ccccc2c1)C(=O)OCc1ccc2ccccc2c1. The molecular formula is C27H24O4. The lowest BCUT2D eigenvalue weighted by Gasteiger charge is -2.21. The summed E-state index contributed by atoms with van der Waals surface area (Å²) >= 11 is 0. The molecular weight excluding hydrogens is 388 g/mol. The van der Waals surface area contributed by atoms with E-state index in [9.17, 15) is 9.59 Å². The highest BCUT2D eigenvalue weighted by Crippen LogP contribution is 2.23. The number of hydrogen-bond donors (Lipinski definition) is 0. The van der Waals surface area contributed by atoms with Crippen LogP contribution >= 0.6 is 0 Å². The first-order valence-corrected chi connectivity index (χ1v) is 10.2. The molecule has 31 heavy (non-hydrogen) atoms. The molecule has 0 radical (unpaired) electrons. The van der Waals surface area contributed by atoms with Crippen molar-refractivity contribution in [2.24, 2.45) is 5.41 Å². The highest BCUT2D eigenvalue weighted by molar-refractivity contribution is 5.99. The van der Waals surface area contributed by atoms with Gasteiger partial charge in [0, 0.05) is 0 Å². The molecule has 4 heteroatoms. The fourth-order valence-corrected chi connectivity index (χ4v) is 3.40. The van der Waals surface area contributed by atoms with Crippen molar-refractivity contribution < 1.29 is 19.1 Å². The molecule has 0 unspecified atom stereocenters. The molecule has 0 saturated heterocycles. The van der Waals surface area contributed by atoms with E-state index in [-0.39, 0.29) is 13.2 Å². The molecule has 0 aliphatic rings. The Bertz CT molecular complexity index is 1160. The van der Waals surface area contributed by atoms with Gasteiger partial charge in [-0.25, -0.2) is 0 Å². The molecule has 0 aliphatic carbocycles. The van der Waals surface area contributed by atoms with Gasteiger partial charge in [0.25, 0.3) is 0 Å². The van der Waals surface area contributed by atoms with Crippen LogP contribution in [0.1, 0.15) is 25.0 Å². The molecule has 0 amide bonds. The van der Waals surface area contributed by atoms with Crippen LogP contribution in [-0.4, -0.2) is 11.9 Å². The second-order valence-electron chi connectivity index (χ2n) is 8.14. The molecule has 4 rings (SSSR count). The molecule has 4 aromatic rings. The minimum Gasteiger partial charge on any atom is -0.460 e. The Kier molecular flexibility index (Phi) is 5.72. The molecule has 0 spiro atoms. The van der Waals surface area contributed by atoms with Crippen LogP contribution in [0, 0.1) is 5.41 Å². The highest BCUT2D eigenvalue weighted by atomic mass is 16.6. The quantitative estimate of drug-likeness (QED) is 0.296. The lowest BCUT2D eigenvalue weighted by molar-refractivity contribution is -0.171. The number of ether oxygens (including phenoxy) is 2. The summed E-state index contributed by atoms with van der Waals surface area (Å²) in [5, 5.41) is 4.39. The second kappa shape index (κ2) is 8.60. The third-order valence-corrected chi connectivity index (χ3v) is 5.39. The van der Waals surface area contributed by atoms with Gasteiger partial charge in [-0.1, -0.05) is 72.8 Å². The number of rotatable bonds is 6. The lowest BCUT2D eigenvalue weighted by Crippen LogP contribution is -2.36. The van der Waals surface area contributed by atoms with E-state index in [1.54, 1.807) is 0 Å². The van der Waals surface area contributed by atoms with E-state index in [0.29, 0.717) is 0 Å². The van der Waals surface area contributed by atoms with Gasteiger partial charge in [-0.3, -0.25) is 9.59 Å². The van der Waals surface area contributed by atoms with Gasteiger partial charge in [0.2, 0.25) is 0 Å². The van der Waals surface area contributed by atoms with Crippen LogP contribution in [0.5, 0.6) is 0 Å². The van der Waals surface area contributed by atoms with Crippen LogP contribution in [0.15, 0.2) is 84.9 Å². The van der Waals surface area contributed by atoms with Gasteiger partial charge in [-0.15, -0.1) is 0 Å². The van der Waals surface area contributed by atoms with Crippen molar-refractivity contribution in [3.05, 3.63) is 96.1 Å². The molecule has 4 nitrogen and oxygen atoms in total. The number of carbonyl (C=O) groups is 2. The summed E-state index contributed by atoms with van der Waals surface area (Å²) in [7, 11) is 0. The van der Waals surface area contributed by atoms with Crippen LogP contribution < -0.4 is 0 Å². The average molecular weight is 412 g/mol. The van der Waals surface area contributed by atoms with E-state index in [2.05, 4.69) is 0 Å². The van der Waals surface area contributed by atoms with E-state index >= 15 is 0 Å². The summed E-state index contributed by atoms with van der Waals surface area (Å²) in [4.78, 5) is 25.2. The maximum atomic E-state index is 12.6. The molecule has 0 aliphatic heterocycles. The number of hydrogen-bond acceptors (Lipinski definition) is 4. The van der Waals surface area contributed by atoms with Crippen molar-refractivity contribution in [1.82, 2.24) is 0 Å². The third kappa shape index (κ3) is 4.58. The highest BCUT2D eigenvalue weighted by Gasteiger charge is 2.39. The van der Waals surface area contributed by atoms with Crippen molar-refractivity contribution >= 4 is 33.5 Å². The Morgan fingerprint density at radius 2 is 1.00 bits per heavy atom. The number of esters is 2. The topological polar surface area (TPSA) is 52.6 Å². The summed E-state index contributed by atoms with van der Waals surface area (Å²) in [6.07, 6.45) is 0. The fourth-order valence-electron chi connectivity index (χ4n) is 3.40. The molecule has 0 bridgehead atoms. The van der Waals surface area contributed by atoms with E-state index in [0.717, 1.165) is 32.7 Å². The summed E-state index contributed by atoms with van der Waals surface area (Å²) < 4.78 is 10.9. The number of benzene rings is 4. The smallest absolute Gasteiger partial charge is 0.323 e. The third-order valence-electron chi connectivity index (χ3n) is 5.39. The van der Waals surface area contributed by atoms with Gasteiger partial charge < -0.3 is 9.47 Å². The fraction of sp³-hybridized carbons (Fsp3) is 0.185. The minimum absolute atomic E-state index is 0.102. The van der Waals surface area contributed by atoms with Gasteiger partial charge in [0.1, 0.15) is 13.2 Å². The van der Waals surface area contributed by atoms with Crippen molar-refractivity contribution in [2.45, 2.75) is 27.1 Å². The molecule has 0 fully saturated rings. The molecule has 156 valence electrons. The van der Waals surface area contributed by atoms with Gasteiger partial charge in [0.05, 0.1) is 0 Å². The predicted molar refractivity (Wildman–Crippen MR) is 121 cm³/mol. The molecule has 0 N–H and O–H groups in total. The molecule has 0 atom stereocenters. The number of carbonyl (C=O) groups excluding carboxylic acids is 2. The maximum absolute atomic E-state index is 12.6. The van der Waals surface area contributed by atoms with E-state index in [1.165, 1.54) is 13.8 Å². The first kappa shape index (κ1) is 20.6. The van der Waals surface area contributed by atoms with Crippen molar-refractivity contribution in [3.8, 4) is 0 Å². The Labute approximate surface area is 181 Å². The van der Waals surface area contributed by atoms with E-state index in [1.807, 2.05) is 84.9 Å². The Hall–Kier alpha value is -3.66. The Morgan fingerprint density at radius 1 is 0.613 bits per heavy atom. The van der Waals surface area contributed by atoms with E-state index < -0.39 is 17.4 Å². The Balaban J connectivity index is 1.36. The van der Waals surface area contributed by atoms with Gasteiger partial charge in [-0.05, 0) is 58.7 Å². The molecule has 0 saturated carbocycles. The molecule has 0 heterocycles. The van der Waals surface area contributed by atoms with Crippen molar-refractivity contribution in [1.29, 1.82) is 0 Å². The monoisotopic (exact) mass is 412 g/mol. The van der Waals surface area contributed by atoms with Gasteiger partial charge >= 0.3 is 11.9 Å². The molecule has 4 aromatic carbocycles. The largest absolute Gasteiger partial charge is 0.460 e. The van der Waals surface area contributed by atoms with Crippen molar-refractivity contribution in [3.63, 3.8) is 0 Å². The predicted octanol–water partition coefficient (Wildman–Crippen LogP) is 5.81. The second-order valence-corrected chi connectivity index (χ2v) is 8.14. The summed E-state index contributed by atoms with van der Waals surface area (Å²) in [6, 6.07) is 27.7. The minimum atomic E-state index is -1.40. The van der Waals surface area contributed by atoms with Crippen LogP contribution in [0.2, 0.25) is 0 Å². The van der Waals surface area contributed by atoms with Crippen LogP contribution in [0.25, 0.3) is 21.5 Å². The van der Waals surface area contributed by atoms with Gasteiger partial charge in [0.15, 0.2) is 5.41 Å². The van der Waals surface area contributed by atoms with Crippen LogP contribution in [0.4, 0.5) is 0 Å². The summed E-state index contributed by atoms with van der Waals surface area (Å²) in [5.41, 5.74) is 0.341. The normalized spacial score (nSPS) is 11.4. The van der Waals surface area contributed by atoms with Gasteiger partial charge in [-0.2, -0.15) is 0 Å². The average Bonchev–Trinajstić information content (AvgIpc) is 2.80. The lowest BCUT2D eigenvalue weighted by atomic mass is 9.94. The van der Waals surface area contributed by atoms with Crippen LogP contribution in [0.3, 0.4) is 0 Å². The standard InChI is InChI=1S/C27H24O4/c1-27(2,25(28)30-17-19-11-13-21-7-3-5-9-23(21)15-19)26(29)31-18-20-12-14-22-8-4-6-10-24(22)16-20/h3-16H,17-18H2,1-2H3. The van der Waals surface area contributed by atoms with E-state index in [4.69, 9.17) is 9.47 Å². The first-order chi connectivity index (χ1) is 14.9. The summed E-state index contributed by atoms with van der Waals surface area (Å²) in [5.74, 6) is -1.21. The zero-order valence-corrected chi connectivity index (χ0v) is 17.6. The summed E-state index contributed by atoms with van der Waals surface area (Å²) in [6.45, 7) is 3.26. The zero-order valence-electron chi connectivity index (χ0n) is 17.6. The molecule has 0 aromatic heterocycles. The Morgan fingerprint density at radius 3 is 1.42 bits per heavy atom. The maximum Gasteiger partial charge on any atom is 0.323 e. The number of fused-ring (bicyclic) bond motifs is 2. The van der Waals surface area contributed by atoms with Crippen LogP contribution in [-0.2, 0) is 32.3 Å². The van der Waals surface area contributed by atoms with Crippen molar-refractivity contribution in [2.75, 3.05) is 0 Å². The first-order valence-electron chi connectivity index (χ1n) is 10.2.